The minimum absolute atomic E-state index is 0.156. The van der Waals surface area contributed by atoms with Gasteiger partial charge in [0, 0.05) is 13.1 Å². The summed E-state index contributed by atoms with van der Waals surface area (Å²) in [4.78, 5) is 14.1. The van der Waals surface area contributed by atoms with Gasteiger partial charge in [-0.1, -0.05) is 20.3 Å². The second-order valence-corrected chi connectivity index (χ2v) is 5.50. The number of hydrogen-bond donors (Lipinski definition) is 0. The summed E-state index contributed by atoms with van der Waals surface area (Å²) in [5.41, 5.74) is 0.442. The zero-order valence-electron chi connectivity index (χ0n) is 10.1. The van der Waals surface area contributed by atoms with Gasteiger partial charge in [0.15, 0.2) is 0 Å². The predicted molar refractivity (Wildman–Crippen MR) is 69.7 cm³/mol. The highest BCUT2D eigenvalue weighted by molar-refractivity contribution is 6.31. The SMILES string of the molecule is CCC1(C)CCN(c2nc(Cl)nc(Cl)n2)CC1. The van der Waals surface area contributed by atoms with Crippen LogP contribution in [0.25, 0.3) is 0 Å². The van der Waals surface area contributed by atoms with Gasteiger partial charge >= 0.3 is 0 Å². The third-order valence-corrected chi connectivity index (χ3v) is 4.01. The van der Waals surface area contributed by atoms with Gasteiger partial charge in [0.05, 0.1) is 0 Å². The fraction of sp³-hybridized carbons (Fsp3) is 0.727. The Labute approximate surface area is 111 Å². The molecule has 2 rings (SSSR count). The standard InChI is InChI=1S/C11H16Cl2N4/c1-3-11(2)4-6-17(7-5-11)10-15-8(12)14-9(13)16-10/h3-7H2,1-2H3. The first kappa shape index (κ1) is 12.8. The molecule has 0 unspecified atom stereocenters. The molecule has 94 valence electrons. The number of hydrogen-bond acceptors (Lipinski definition) is 4. The number of anilines is 1. The van der Waals surface area contributed by atoms with E-state index in [4.69, 9.17) is 23.2 Å². The van der Waals surface area contributed by atoms with Crippen LogP contribution in [0.1, 0.15) is 33.1 Å². The summed E-state index contributed by atoms with van der Waals surface area (Å²) in [7, 11) is 0. The van der Waals surface area contributed by atoms with Crippen LogP contribution in [0.15, 0.2) is 0 Å². The van der Waals surface area contributed by atoms with E-state index < -0.39 is 0 Å². The van der Waals surface area contributed by atoms with E-state index in [1.807, 2.05) is 0 Å². The van der Waals surface area contributed by atoms with Crippen LogP contribution in [0.2, 0.25) is 10.6 Å². The summed E-state index contributed by atoms with van der Waals surface area (Å²) in [6, 6.07) is 0. The smallest absolute Gasteiger partial charge is 0.230 e. The van der Waals surface area contributed by atoms with Gasteiger partial charge in [0.25, 0.3) is 0 Å². The minimum atomic E-state index is 0.156. The van der Waals surface area contributed by atoms with E-state index >= 15 is 0 Å². The summed E-state index contributed by atoms with van der Waals surface area (Å²) in [6.07, 6.45) is 3.49. The number of rotatable bonds is 2. The highest BCUT2D eigenvalue weighted by atomic mass is 35.5. The highest BCUT2D eigenvalue weighted by Gasteiger charge is 2.29. The molecule has 1 aliphatic heterocycles. The van der Waals surface area contributed by atoms with Gasteiger partial charge in [-0.25, -0.2) is 0 Å². The first-order chi connectivity index (χ1) is 8.02. The van der Waals surface area contributed by atoms with Crippen LogP contribution >= 0.6 is 23.2 Å². The molecular weight excluding hydrogens is 259 g/mol. The number of nitrogens with zero attached hydrogens (tertiary/aromatic N) is 4. The Morgan fingerprint density at radius 1 is 1.12 bits per heavy atom. The van der Waals surface area contributed by atoms with Crippen molar-refractivity contribution in [3.8, 4) is 0 Å². The van der Waals surface area contributed by atoms with E-state index in [9.17, 15) is 0 Å². The lowest BCUT2D eigenvalue weighted by Gasteiger charge is -2.38. The molecule has 0 saturated carbocycles. The van der Waals surface area contributed by atoms with E-state index in [2.05, 4.69) is 33.7 Å². The minimum Gasteiger partial charge on any atom is -0.341 e. The first-order valence-electron chi connectivity index (χ1n) is 5.84. The van der Waals surface area contributed by atoms with E-state index in [0.717, 1.165) is 25.9 Å². The van der Waals surface area contributed by atoms with Crippen LogP contribution in [0.4, 0.5) is 5.95 Å². The zero-order valence-corrected chi connectivity index (χ0v) is 11.6. The Morgan fingerprint density at radius 3 is 2.12 bits per heavy atom. The molecule has 4 nitrogen and oxygen atoms in total. The van der Waals surface area contributed by atoms with Gasteiger partial charge in [0.2, 0.25) is 16.5 Å². The second kappa shape index (κ2) is 4.94. The van der Waals surface area contributed by atoms with E-state index in [1.165, 1.54) is 6.42 Å². The summed E-state index contributed by atoms with van der Waals surface area (Å²) in [5.74, 6) is 0.591. The lowest BCUT2D eigenvalue weighted by molar-refractivity contribution is 0.237. The molecular formula is C11H16Cl2N4. The van der Waals surface area contributed by atoms with Crippen LogP contribution in [0, 0.1) is 5.41 Å². The molecule has 1 saturated heterocycles. The Morgan fingerprint density at radius 2 is 1.65 bits per heavy atom. The largest absolute Gasteiger partial charge is 0.341 e. The molecule has 17 heavy (non-hydrogen) atoms. The molecule has 0 N–H and O–H groups in total. The molecule has 6 heteroatoms. The summed E-state index contributed by atoms with van der Waals surface area (Å²) in [5, 5.41) is 0.313. The quantitative estimate of drug-likeness (QED) is 0.831. The average Bonchev–Trinajstić information content (AvgIpc) is 2.29. The third-order valence-electron chi connectivity index (χ3n) is 3.68. The second-order valence-electron chi connectivity index (χ2n) is 4.82. The van der Waals surface area contributed by atoms with Crippen LogP contribution in [0.3, 0.4) is 0 Å². The molecule has 0 aromatic carbocycles. The molecule has 1 aromatic heterocycles. The van der Waals surface area contributed by atoms with E-state index in [1.54, 1.807) is 0 Å². The summed E-state index contributed by atoms with van der Waals surface area (Å²) < 4.78 is 0. The topological polar surface area (TPSA) is 41.9 Å². The zero-order chi connectivity index (χ0) is 12.5. The summed E-state index contributed by atoms with van der Waals surface area (Å²) >= 11 is 11.6. The van der Waals surface area contributed by atoms with Crippen molar-refractivity contribution in [2.45, 2.75) is 33.1 Å². The Balaban J connectivity index is 2.10. The van der Waals surface area contributed by atoms with Crippen molar-refractivity contribution in [3.63, 3.8) is 0 Å². The number of piperidine rings is 1. The van der Waals surface area contributed by atoms with Crippen LogP contribution in [-0.4, -0.2) is 28.0 Å². The van der Waals surface area contributed by atoms with Gasteiger partial charge < -0.3 is 4.90 Å². The molecule has 0 atom stereocenters. The Bertz CT molecular complexity index is 382. The molecule has 1 fully saturated rings. The van der Waals surface area contributed by atoms with E-state index in [0.29, 0.717) is 11.4 Å². The van der Waals surface area contributed by atoms with Gasteiger partial charge in [0.1, 0.15) is 0 Å². The van der Waals surface area contributed by atoms with Crippen LogP contribution < -0.4 is 4.90 Å². The number of halogens is 2. The van der Waals surface area contributed by atoms with Gasteiger partial charge in [-0.05, 0) is 41.5 Å². The Hall–Kier alpha value is -0.610. The van der Waals surface area contributed by atoms with Crippen molar-refractivity contribution in [2.24, 2.45) is 5.41 Å². The van der Waals surface area contributed by atoms with E-state index in [-0.39, 0.29) is 10.6 Å². The van der Waals surface area contributed by atoms with Crippen molar-refractivity contribution in [2.75, 3.05) is 18.0 Å². The molecule has 0 aliphatic carbocycles. The molecule has 1 aromatic rings. The maximum Gasteiger partial charge on any atom is 0.230 e. The van der Waals surface area contributed by atoms with Crippen molar-refractivity contribution in [1.82, 2.24) is 15.0 Å². The maximum absolute atomic E-state index is 5.78. The van der Waals surface area contributed by atoms with Gasteiger partial charge in [-0.3, -0.25) is 0 Å². The van der Waals surface area contributed by atoms with Crippen LogP contribution in [0.5, 0.6) is 0 Å². The first-order valence-corrected chi connectivity index (χ1v) is 6.60. The molecule has 0 spiro atoms. The lowest BCUT2D eigenvalue weighted by atomic mass is 9.78. The normalized spacial score (nSPS) is 19.4. The Kier molecular flexibility index (Phi) is 3.73. The molecule has 1 aliphatic rings. The van der Waals surface area contributed by atoms with Crippen LogP contribution in [-0.2, 0) is 0 Å². The fourth-order valence-corrected chi connectivity index (χ4v) is 2.41. The fourth-order valence-electron chi connectivity index (χ4n) is 2.06. The van der Waals surface area contributed by atoms with Gasteiger partial charge in [-0.15, -0.1) is 0 Å². The lowest BCUT2D eigenvalue weighted by Crippen LogP contribution is -2.39. The molecule has 0 bridgehead atoms. The monoisotopic (exact) mass is 274 g/mol. The van der Waals surface area contributed by atoms with Crippen molar-refractivity contribution in [1.29, 1.82) is 0 Å². The summed E-state index contributed by atoms with van der Waals surface area (Å²) in [6.45, 7) is 6.46. The third kappa shape index (κ3) is 2.99. The average molecular weight is 275 g/mol. The predicted octanol–water partition coefficient (Wildman–Crippen LogP) is 3.19. The maximum atomic E-state index is 5.78. The van der Waals surface area contributed by atoms with Crippen molar-refractivity contribution in [3.05, 3.63) is 10.6 Å². The highest BCUT2D eigenvalue weighted by Crippen LogP contribution is 2.34. The molecule has 2 heterocycles. The van der Waals surface area contributed by atoms with Crippen molar-refractivity contribution >= 4 is 29.2 Å². The molecule has 0 amide bonds. The van der Waals surface area contributed by atoms with Gasteiger partial charge in [-0.2, -0.15) is 15.0 Å². The molecule has 0 radical (unpaired) electrons. The van der Waals surface area contributed by atoms with Crippen molar-refractivity contribution < 1.29 is 0 Å². The number of aromatic nitrogens is 3.